The molecule has 0 spiro atoms. The zero-order valence-electron chi connectivity index (χ0n) is 13.9. The molecule has 2 aliphatic carbocycles. The molecule has 0 radical (unpaired) electrons. The highest BCUT2D eigenvalue weighted by Crippen LogP contribution is 2.36. The second kappa shape index (κ2) is 8.04. The number of hydrogen-bond acceptors (Lipinski definition) is 6. The van der Waals surface area contributed by atoms with Gasteiger partial charge in [-0.15, -0.1) is 24.8 Å². The van der Waals surface area contributed by atoms with Gasteiger partial charge in [0.15, 0.2) is 0 Å². The van der Waals surface area contributed by atoms with Gasteiger partial charge in [-0.25, -0.2) is 4.98 Å². The van der Waals surface area contributed by atoms with E-state index in [1.807, 2.05) is 0 Å². The Morgan fingerprint density at radius 1 is 1.04 bits per heavy atom. The summed E-state index contributed by atoms with van der Waals surface area (Å²) in [6, 6.07) is 2.46. The Labute approximate surface area is 156 Å². The second-order valence-electron chi connectivity index (χ2n) is 7.17. The summed E-state index contributed by atoms with van der Waals surface area (Å²) in [5, 5.41) is 0. The van der Waals surface area contributed by atoms with Crippen molar-refractivity contribution in [2.45, 2.75) is 37.6 Å². The maximum atomic E-state index is 5.93. The Bertz CT molecular complexity index is 539. The Morgan fingerprint density at radius 2 is 1.71 bits per heavy atom. The van der Waals surface area contributed by atoms with E-state index in [1.54, 1.807) is 0 Å². The van der Waals surface area contributed by atoms with Crippen LogP contribution in [0.2, 0.25) is 0 Å². The van der Waals surface area contributed by atoms with E-state index < -0.39 is 0 Å². The van der Waals surface area contributed by atoms with Crippen molar-refractivity contribution >= 4 is 36.6 Å². The summed E-state index contributed by atoms with van der Waals surface area (Å²) >= 11 is 0. The molecule has 2 saturated carbocycles. The molecule has 0 atom stereocenters. The minimum absolute atomic E-state index is 0. The first kappa shape index (κ1) is 19.5. The van der Waals surface area contributed by atoms with Crippen LogP contribution in [0.5, 0.6) is 0 Å². The Morgan fingerprint density at radius 3 is 2.29 bits per heavy atom. The second-order valence-corrected chi connectivity index (χ2v) is 7.17. The Balaban J connectivity index is 0.00000104. The monoisotopic (exact) mass is 374 g/mol. The molecule has 0 unspecified atom stereocenters. The Hall–Kier alpha value is -0.820. The molecule has 0 bridgehead atoms. The van der Waals surface area contributed by atoms with Crippen LogP contribution in [-0.4, -0.2) is 53.6 Å². The zero-order chi connectivity index (χ0) is 15.1. The van der Waals surface area contributed by atoms with Gasteiger partial charge in [0.2, 0.25) is 5.95 Å². The van der Waals surface area contributed by atoms with Crippen molar-refractivity contribution in [1.29, 1.82) is 0 Å². The molecular formula is C16H28Cl2N6. The highest BCUT2D eigenvalue weighted by atomic mass is 35.5. The molecule has 8 heteroatoms. The summed E-state index contributed by atoms with van der Waals surface area (Å²) in [5.41, 5.74) is 12.9. The van der Waals surface area contributed by atoms with Crippen LogP contribution in [0.1, 0.15) is 37.3 Å². The van der Waals surface area contributed by atoms with E-state index in [9.17, 15) is 0 Å². The van der Waals surface area contributed by atoms with Gasteiger partial charge in [0.05, 0.1) is 5.69 Å². The summed E-state index contributed by atoms with van der Waals surface area (Å²) in [6.45, 7) is 5.61. The first-order chi connectivity index (χ1) is 10.7. The van der Waals surface area contributed by atoms with Crippen molar-refractivity contribution in [3.05, 3.63) is 11.8 Å². The molecule has 1 aromatic heterocycles. The van der Waals surface area contributed by atoms with Crippen molar-refractivity contribution < 1.29 is 0 Å². The van der Waals surface area contributed by atoms with Crippen LogP contribution in [0, 0.1) is 5.92 Å². The predicted molar refractivity (Wildman–Crippen MR) is 102 cm³/mol. The predicted octanol–water partition coefficient (Wildman–Crippen LogP) is 1.64. The number of nitrogens with two attached hydrogens (primary N) is 2. The average molecular weight is 375 g/mol. The van der Waals surface area contributed by atoms with Gasteiger partial charge < -0.3 is 16.4 Å². The summed E-state index contributed by atoms with van der Waals surface area (Å²) in [7, 11) is 0. The number of nitrogens with zero attached hydrogens (tertiary/aromatic N) is 4. The largest absolute Gasteiger partial charge is 0.368 e. The maximum Gasteiger partial charge on any atom is 0.222 e. The van der Waals surface area contributed by atoms with E-state index in [2.05, 4.69) is 25.8 Å². The van der Waals surface area contributed by atoms with E-state index in [0.29, 0.717) is 17.9 Å². The standard InChI is InChI=1S/C16H26N6.2ClH/c17-13-7-12(8-13)14-9-15(20-16(18)19-14)22-5-3-21(4-6-22)10-11-1-2-11;;/h9,11-13H,1-8,10,17H2,(H2,18,19,20);2*1H. The van der Waals surface area contributed by atoms with Gasteiger partial charge in [-0.1, -0.05) is 0 Å². The van der Waals surface area contributed by atoms with Crippen molar-refractivity contribution in [1.82, 2.24) is 14.9 Å². The highest BCUT2D eigenvalue weighted by molar-refractivity contribution is 5.85. The summed E-state index contributed by atoms with van der Waals surface area (Å²) < 4.78 is 0. The lowest BCUT2D eigenvalue weighted by Gasteiger charge is -2.36. The van der Waals surface area contributed by atoms with E-state index in [4.69, 9.17) is 11.5 Å². The third-order valence-electron chi connectivity index (χ3n) is 5.25. The number of hydrogen-bond donors (Lipinski definition) is 2. The van der Waals surface area contributed by atoms with Crippen LogP contribution in [0.3, 0.4) is 0 Å². The molecular weight excluding hydrogens is 347 g/mol. The van der Waals surface area contributed by atoms with Crippen molar-refractivity contribution in [3.63, 3.8) is 0 Å². The molecule has 1 aliphatic heterocycles. The molecule has 4 rings (SSSR count). The molecule has 24 heavy (non-hydrogen) atoms. The quantitative estimate of drug-likeness (QED) is 0.832. The fraction of sp³-hybridized carbons (Fsp3) is 0.750. The number of piperazine rings is 1. The first-order valence-corrected chi connectivity index (χ1v) is 8.54. The molecule has 1 saturated heterocycles. The SMILES string of the molecule is Cl.Cl.Nc1nc(C2CC(N)C2)cc(N2CCN(CC3CC3)CC2)n1. The topological polar surface area (TPSA) is 84.3 Å². The fourth-order valence-corrected chi connectivity index (χ4v) is 3.57. The number of rotatable bonds is 4. The molecule has 1 aromatic rings. The van der Waals surface area contributed by atoms with Gasteiger partial charge in [0.25, 0.3) is 0 Å². The van der Waals surface area contributed by atoms with Gasteiger partial charge in [0, 0.05) is 50.7 Å². The molecule has 6 nitrogen and oxygen atoms in total. The van der Waals surface area contributed by atoms with Gasteiger partial charge in [0.1, 0.15) is 5.82 Å². The lowest BCUT2D eigenvalue weighted by molar-refractivity contribution is 0.247. The fourth-order valence-electron chi connectivity index (χ4n) is 3.57. The molecule has 0 aromatic carbocycles. The lowest BCUT2D eigenvalue weighted by Crippen LogP contribution is -2.47. The van der Waals surface area contributed by atoms with E-state index in [0.717, 1.165) is 56.5 Å². The number of aromatic nitrogens is 2. The van der Waals surface area contributed by atoms with Crippen LogP contribution in [0.25, 0.3) is 0 Å². The van der Waals surface area contributed by atoms with E-state index >= 15 is 0 Å². The smallest absolute Gasteiger partial charge is 0.222 e. The van der Waals surface area contributed by atoms with E-state index in [-0.39, 0.29) is 24.8 Å². The number of nitrogen functional groups attached to an aromatic ring is 1. The minimum atomic E-state index is 0. The molecule has 3 fully saturated rings. The molecule has 3 aliphatic rings. The normalized spacial score (nSPS) is 27.0. The van der Waals surface area contributed by atoms with Crippen molar-refractivity contribution in [3.8, 4) is 0 Å². The lowest BCUT2D eigenvalue weighted by atomic mass is 9.78. The zero-order valence-corrected chi connectivity index (χ0v) is 15.6. The van der Waals surface area contributed by atoms with Gasteiger partial charge >= 0.3 is 0 Å². The van der Waals surface area contributed by atoms with Crippen LogP contribution >= 0.6 is 24.8 Å². The van der Waals surface area contributed by atoms with Gasteiger partial charge in [-0.3, -0.25) is 4.90 Å². The van der Waals surface area contributed by atoms with Crippen molar-refractivity contribution in [2.24, 2.45) is 11.7 Å². The molecule has 2 heterocycles. The van der Waals surface area contributed by atoms with Crippen molar-refractivity contribution in [2.75, 3.05) is 43.4 Å². The van der Waals surface area contributed by atoms with E-state index in [1.165, 1.54) is 19.4 Å². The van der Waals surface area contributed by atoms with Crippen LogP contribution in [0.15, 0.2) is 6.07 Å². The minimum Gasteiger partial charge on any atom is -0.368 e. The Kier molecular flexibility index (Phi) is 6.53. The van der Waals surface area contributed by atoms with Crippen LogP contribution < -0.4 is 16.4 Å². The van der Waals surface area contributed by atoms with Gasteiger partial charge in [-0.05, 0) is 31.6 Å². The summed E-state index contributed by atoms with van der Waals surface area (Å²) in [6.07, 6.45) is 4.89. The molecule has 4 N–H and O–H groups in total. The molecule has 136 valence electrons. The van der Waals surface area contributed by atoms with Crippen LogP contribution in [0.4, 0.5) is 11.8 Å². The summed E-state index contributed by atoms with van der Waals surface area (Å²) in [4.78, 5) is 13.8. The summed E-state index contributed by atoms with van der Waals surface area (Å²) in [5.74, 6) is 2.83. The first-order valence-electron chi connectivity index (χ1n) is 8.54. The van der Waals surface area contributed by atoms with Gasteiger partial charge in [-0.2, -0.15) is 4.98 Å². The molecule has 0 amide bonds. The maximum absolute atomic E-state index is 5.93. The average Bonchev–Trinajstić information content (AvgIpc) is 3.28. The number of anilines is 2. The highest BCUT2D eigenvalue weighted by Gasteiger charge is 2.30. The number of halogens is 2. The third kappa shape index (κ3) is 4.42. The third-order valence-corrected chi connectivity index (χ3v) is 5.25. The van der Waals surface area contributed by atoms with Crippen LogP contribution in [-0.2, 0) is 0 Å².